The summed E-state index contributed by atoms with van der Waals surface area (Å²) in [4.78, 5) is 18.3. The van der Waals surface area contributed by atoms with Gasteiger partial charge in [0.2, 0.25) is 0 Å². The maximum Gasteiger partial charge on any atom is 0.389 e. The summed E-state index contributed by atoms with van der Waals surface area (Å²) in [5.41, 5.74) is -4.73. The first-order valence-electron chi connectivity index (χ1n) is 24.3. The molecule has 0 bridgehead atoms. The molecule has 3 aliphatic carbocycles. The monoisotopic (exact) mass is 1030 g/mol. The Hall–Kier alpha value is -5.68. The minimum absolute atomic E-state index is 0.0664. The van der Waals surface area contributed by atoms with E-state index in [2.05, 4.69) is 0 Å². The van der Waals surface area contributed by atoms with Crippen LogP contribution in [0.1, 0.15) is 99.3 Å². The number of carbonyl (C=O) groups excluding carboxylic acids is 1. The molecule has 5 aromatic rings. The zero-order valence-corrected chi connectivity index (χ0v) is 38.9. The normalized spacial score (nSPS) is 20.0. The number of anilines is 4. The third-order valence-corrected chi connectivity index (χ3v) is 16.1. The Kier molecular flexibility index (Phi) is 11.9. The third-order valence-electron chi connectivity index (χ3n) is 16.1. The molecule has 5 aromatic carbocycles. The highest BCUT2D eigenvalue weighted by molar-refractivity contribution is 6.99. The largest absolute Gasteiger partial charge is 0.389 e. The van der Waals surface area contributed by atoms with Crippen LogP contribution in [0, 0.1) is 29.1 Å². The maximum atomic E-state index is 16.8. The molecule has 378 valence electrons. The second-order valence-corrected chi connectivity index (χ2v) is 20.5. The van der Waals surface area contributed by atoms with E-state index in [9.17, 15) is 30.7 Å². The standard InChI is InChI=1S/C52H37B4F15N2O/c53-49(13-3-1-4-14-49)26-21-25-22-27(50(54)15-5-2-6-16-50)34-47-32(25)46-33(26)55(35-37(57)41(61)42(62)38(35)58)28-9-7-23(11-17-51(66,67)68)19-30(28)72(46)48(74)73(47)31-20-24(12-18-52(69,70)71)8-10-29(31)56(34)36-39(59)43(63)45(65)44(64)40(36)60/h7-10,19-22,37H,1-6,11-18H2. The van der Waals surface area contributed by atoms with Crippen LogP contribution < -0.4 is 37.1 Å². The molecule has 2 saturated carbocycles. The van der Waals surface area contributed by atoms with Gasteiger partial charge in [0.25, 0.3) is 13.4 Å². The third kappa shape index (κ3) is 7.65. The fraction of sp³-hybridized carbons (Fsp3) is 0.365. The number of alkyl halides is 7. The molecule has 3 nitrogen and oxygen atoms in total. The Labute approximate surface area is 417 Å². The van der Waals surface area contributed by atoms with E-state index in [1.54, 1.807) is 6.07 Å². The molecule has 4 radical (unpaired) electrons. The molecular formula is C52H37B4F15N2O. The smallest absolute Gasteiger partial charge is 0.263 e. The first kappa shape index (κ1) is 50.5. The van der Waals surface area contributed by atoms with Gasteiger partial charge in [-0.25, -0.2) is 44.3 Å². The number of allylic oxidation sites excluding steroid dienone is 4. The van der Waals surface area contributed by atoms with E-state index in [0.717, 1.165) is 34.1 Å². The van der Waals surface area contributed by atoms with Crippen molar-refractivity contribution in [3.63, 3.8) is 0 Å². The minimum Gasteiger partial charge on any atom is -0.263 e. The average Bonchev–Trinajstić information content (AvgIpc) is 3.62. The van der Waals surface area contributed by atoms with Crippen LogP contribution in [0.25, 0.3) is 10.8 Å². The van der Waals surface area contributed by atoms with Gasteiger partial charge in [-0.3, -0.25) is 9.80 Å². The van der Waals surface area contributed by atoms with Crippen molar-refractivity contribution < 1.29 is 70.7 Å². The van der Waals surface area contributed by atoms with Crippen molar-refractivity contribution in [3.8, 4) is 0 Å². The van der Waals surface area contributed by atoms with Gasteiger partial charge < -0.3 is 0 Å². The average molecular weight is 1030 g/mol. The van der Waals surface area contributed by atoms with Gasteiger partial charge in [-0.2, -0.15) is 26.3 Å². The van der Waals surface area contributed by atoms with Crippen LogP contribution in [0.5, 0.6) is 0 Å². The molecule has 0 aromatic heterocycles. The van der Waals surface area contributed by atoms with E-state index < -0.39 is 132 Å². The fourth-order valence-corrected chi connectivity index (χ4v) is 12.7. The van der Waals surface area contributed by atoms with Gasteiger partial charge in [0, 0.05) is 35.1 Å². The number of hydrogen-bond acceptors (Lipinski definition) is 1. The lowest BCUT2D eigenvalue weighted by atomic mass is 9.31. The van der Waals surface area contributed by atoms with Crippen LogP contribution in [0.2, 0.25) is 0 Å². The predicted molar refractivity (Wildman–Crippen MR) is 254 cm³/mol. The summed E-state index contributed by atoms with van der Waals surface area (Å²) in [7, 11) is 14.8. The zero-order chi connectivity index (χ0) is 52.9. The number of nitrogens with zero attached hydrogens (tertiary/aromatic N) is 2. The van der Waals surface area contributed by atoms with Crippen LogP contribution >= 0.6 is 0 Å². The second-order valence-electron chi connectivity index (χ2n) is 20.5. The van der Waals surface area contributed by atoms with Gasteiger partial charge in [0.15, 0.2) is 52.7 Å². The van der Waals surface area contributed by atoms with Gasteiger partial charge >= 0.3 is 18.4 Å². The van der Waals surface area contributed by atoms with Crippen LogP contribution in [-0.4, -0.2) is 53.7 Å². The first-order valence-corrected chi connectivity index (χ1v) is 24.3. The molecule has 1 atom stereocenters. The molecule has 0 spiro atoms. The Morgan fingerprint density at radius 2 is 0.973 bits per heavy atom. The van der Waals surface area contributed by atoms with E-state index in [4.69, 9.17) is 15.7 Å². The number of aryl methyl sites for hydroxylation is 2. The minimum atomic E-state index is -4.73. The molecule has 11 rings (SSSR count). The molecule has 0 N–H and O–H groups in total. The molecular weight excluding hydrogens is 997 g/mol. The number of carbonyl (C=O) groups is 1. The molecule has 22 heteroatoms. The Morgan fingerprint density at radius 3 is 1.39 bits per heavy atom. The van der Waals surface area contributed by atoms with Gasteiger partial charge in [-0.15, -0.1) is 0 Å². The molecule has 3 aliphatic heterocycles. The fourth-order valence-electron chi connectivity index (χ4n) is 12.7. The summed E-state index contributed by atoms with van der Waals surface area (Å²) in [5, 5.41) is -2.85. The summed E-state index contributed by atoms with van der Waals surface area (Å²) in [6, 6.07) is 8.83. The Bertz CT molecular complexity index is 3290. The molecule has 6 aliphatic rings. The summed E-state index contributed by atoms with van der Waals surface area (Å²) in [6.07, 6.45) is -12.6. The molecule has 2 amide bonds. The van der Waals surface area contributed by atoms with Crippen LogP contribution in [0.4, 0.5) is 93.4 Å². The highest BCUT2D eigenvalue weighted by Crippen LogP contribution is 2.54. The summed E-state index contributed by atoms with van der Waals surface area (Å²) in [5.74, 6) is -18.0. The number of urea groups is 1. The van der Waals surface area contributed by atoms with E-state index in [1.165, 1.54) is 18.2 Å². The van der Waals surface area contributed by atoms with Gasteiger partial charge in [0.05, 0.1) is 27.1 Å². The zero-order valence-electron chi connectivity index (χ0n) is 38.9. The second kappa shape index (κ2) is 17.4. The molecule has 1 unspecified atom stereocenters. The number of fused-ring (bicyclic) bond motifs is 4. The Balaban J connectivity index is 1.35. The van der Waals surface area contributed by atoms with Crippen molar-refractivity contribution in [2.45, 2.75) is 119 Å². The Morgan fingerprint density at radius 1 is 0.554 bits per heavy atom. The number of halogens is 15. The number of benzene rings is 5. The first-order chi connectivity index (χ1) is 34.9. The lowest BCUT2D eigenvalue weighted by Crippen LogP contribution is -2.66. The maximum absolute atomic E-state index is 16.8. The van der Waals surface area contributed by atoms with Gasteiger partial charge in [0.1, 0.15) is 0 Å². The van der Waals surface area contributed by atoms with Crippen LogP contribution in [0.3, 0.4) is 0 Å². The van der Waals surface area contributed by atoms with Crippen molar-refractivity contribution >= 4 is 96.0 Å². The van der Waals surface area contributed by atoms with E-state index in [0.29, 0.717) is 38.5 Å². The van der Waals surface area contributed by atoms with Crippen molar-refractivity contribution in [3.05, 3.63) is 123 Å². The highest BCUT2D eigenvalue weighted by Gasteiger charge is 2.56. The number of hydrogen-bond donors (Lipinski definition) is 0. The molecule has 2 fully saturated rings. The summed E-state index contributed by atoms with van der Waals surface area (Å²) < 4.78 is 227. The number of amides is 2. The molecule has 74 heavy (non-hydrogen) atoms. The lowest BCUT2D eigenvalue weighted by molar-refractivity contribution is -0.134. The predicted octanol–water partition coefficient (Wildman–Crippen LogP) is 11.6. The van der Waals surface area contributed by atoms with Gasteiger partial charge in [-0.1, -0.05) is 112 Å². The van der Waals surface area contributed by atoms with Crippen molar-refractivity contribution in [2.24, 2.45) is 0 Å². The van der Waals surface area contributed by atoms with Crippen molar-refractivity contribution in [1.82, 2.24) is 0 Å². The lowest BCUT2D eigenvalue weighted by Gasteiger charge is -2.50. The van der Waals surface area contributed by atoms with E-state index in [1.807, 2.05) is 0 Å². The summed E-state index contributed by atoms with van der Waals surface area (Å²) >= 11 is 0. The van der Waals surface area contributed by atoms with Crippen molar-refractivity contribution in [2.75, 3.05) is 9.80 Å². The SMILES string of the molecule is [B]C1(c2cc3cc(C4([B])CCCCC4)c4c5c3c3c2B(C2=C(F)C(F)=C(F)C2F)c2ccc(CCC(F)(F)F)cc2N3C(=O)N5c2cc(CCC(F)(F)F)ccc2B4c2c(F)c(F)c(F)c(F)c2F)CCCCC1. The number of rotatable bonds is 8. The summed E-state index contributed by atoms with van der Waals surface area (Å²) in [6.45, 7) is -3.97. The molecule has 3 heterocycles. The van der Waals surface area contributed by atoms with Crippen molar-refractivity contribution in [1.29, 1.82) is 0 Å². The van der Waals surface area contributed by atoms with E-state index in [-0.39, 0.29) is 103 Å². The molecule has 0 saturated heterocycles. The highest BCUT2D eigenvalue weighted by atomic mass is 19.4. The topological polar surface area (TPSA) is 23.6 Å². The van der Waals surface area contributed by atoms with E-state index >= 15 is 39.9 Å². The van der Waals surface area contributed by atoms with Gasteiger partial charge in [-0.05, 0) is 79.4 Å². The van der Waals surface area contributed by atoms with Crippen LogP contribution in [0.15, 0.2) is 71.5 Å². The quantitative estimate of drug-likeness (QED) is 0.0658. The van der Waals surface area contributed by atoms with Crippen LogP contribution in [-0.2, 0) is 23.5 Å².